The Morgan fingerprint density at radius 2 is 0.510 bits per heavy atom. The highest BCUT2D eigenvalue weighted by Crippen LogP contribution is 2.10. The lowest BCUT2D eigenvalue weighted by atomic mass is 10.1. The second-order valence-electron chi connectivity index (χ2n) is 26.7. The molecule has 0 heterocycles. The van der Waals surface area contributed by atoms with Gasteiger partial charge in [-0.1, -0.05) is 97.7 Å². The number of rotatable bonds is 49. The first-order valence-corrected chi connectivity index (χ1v) is 42.2. The molecule has 49 heteroatoms. The number of unbranched alkanes of at least 4 members (excludes halogenated alkanes) is 5. The number of methoxy groups -OCH3 is 7. The van der Waals surface area contributed by atoms with Gasteiger partial charge in [-0.2, -0.15) is 0 Å². The molecular weight excluding hydrogens is 1940 g/mol. The van der Waals surface area contributed by atoms with Gasteiger partial charge in [0.25, 0.3) is 0 Å². The van der Waals surface area contributed by atoms with Gasteiger partial charge in [0.2, 0.25) is 0 Å². The number of esters is 13. The summed E-state index contributed by atoms with van der Waals surface area (Å²) in [5.41, 5.74) is 1.08. The minimum Gasteiger partial charge on any atom is -0.481 e. The summed E-state index contributed by atoms with van der Waals surface area (Å²) < 4.78 is 57.3. The molecule has 0 atom stereocenters. The fourth-order valence-electron chi connectivity index (χ4n) is 6.52. The molecule has 0 aliphatic heterocycles. The summed E-state index contributed by atoms with van der Waals surface area (Å²) in [4.78, 5) is 290. The predicted octanol–water partition coefficient (Wildman–Crippen LogP) is 9.12. The molecule has 0 aromatic heterocycles. The molecular formula is C96H142O49. The van der Waals surface area contributed by atoms with Crippen LogP contribution in [0.25, 0.3) is 0 Å². The summed E-state index contributed by atoms with van der Waals surface area (Å²) in [7, 11) is 8.54. The number of hydrogen-bond donors (Lipinski definition) is 8. The van der Waals surface area contributed by atoms with Crippen molar-refractivity contribution in [2.75, 3.05) is 89.4 Å². The largest absolute Gasteiger partial charge is 0.481 e. The number of hydrogen-bond acceptors (Lipinski definition) is 41. The zero-order valence-electron chi connectivity index (χ0n) is 86.3. The Labute approximate surface area is 840 Å². The van der Waals surface area contributed by atoms with Crippen molar-refractivity contribution >= 4 is 166 Å². The summed E-state index contributed by atoms with van der Waals surface area (Å²) in [6, 6.07) is 0. The third kappa shape index (κ3) is 138. The van der Waals surface area contributed by atoms with Crippen LogP contribution in [0.4, 0.5) is 0 Å². The van der Waals surface area contributed by atoms with Gasteiger partial charge in [0, 0.05) is 58.1 Å². The van der Waals surface area contributed by atoms with Crippen molar-refractivity contribution in [2.24, 2.45) is 0 Å². The van der Waals surface area contributed by atoms with Gasteiger partial charge in [-0.15, -0.1) is 0 Å². The Morgan fingerprint density at radius 1 is 0.248 bits per heavy atom. The number of Topliss-reactive ketones (excluding diaryl/α,β-unsaturated/α-hetero) is 7. The molecule has 0 unspecified atom stereocenters. The second-order valence-corrected chi connectivity index (χ2v) is 26.7. The lowest BCUT2D eigenvalue weighted by molar-refractivity contribution is -0.155. The first-order chi connectivity index (χ1) is 66.9. The van der Waals surface area contributed by atoms with E-state index in [1.165, 1.54) is 130 Å². The number of carboxylic acid groups (broad SMARTS) is 8. The fraction of sp³-hybridized carbons (Fsp3) is 0.479. The minimum atomic E-state index is -1.18. The molecule has 0 saturated heterocycles. The molecule has 0 amide bonds. The van der Waals surface area contributed by atoms with Crippen LogP contribution >= 0.6 is 0 Å². The Kier molecular flexibility index (Phi) is 117. The van der Waals surface area contributed by atoms with Crippen LogP contribution < -0.4 is 0 Å². The highest BCUT2D eigenvalue weighted by Gasteiger charge is 2.17. The fourth-order valence-corrected chi connectivity index (χ4v) is 6.52. The molecule has 0 aliphatic carbocycles. The van der Waals surface area contributed by atoms with E-state index in [-0.39, 0.29) is 176 Å². The number of carbonyl (C=O) groups excluding carboxylic acids is 20. The Bertz CT molecular complexity index is 4270. The van der Waals surface area contributed by atoms with Gasteiger partial charge in [-0.3, -0.25) is 95.9 Å². The van der Waals surface area contributed by atoms with Crippen LogP contribution in [0.3, 0.4) is 0 Å². The maximum Gasteiger partial charge on any atom is 0.333 e. The maximum absolute atomic E-state index is 11.1. The van der Waals surface area contributed by atoms with Crippen LogP contribution in [-0.2, 0) is 196 Å². The molecule has 0 bridgehead atoms. The van der Waals surface area contributed by atoms with E-state index in [4.69, 9.17) is 45.6 Å². The van der Waals surface area contributed by atoms with Gasteiger partial charge in [-0.25, -0.2) is 38.4 Å². The Morgan fingerprint density at radius 3 is 0.738 bits per heavy atom. The molecule has 0 saturated carbocycles. The molecule has 0 fully saturated rings. The van der Waals surface area contributed by atoms with Gasteiger partial charge >= 0.3 is 125 Å². The van der Waals surface area contributed by atoms with Crippen molar-refractivity contribution in [1.82, 2.24) is 0 Å². The van der Waals surface area contributed by atoms with Crippen molar-refractivity contribution in [1.29, 1.82) is 0 Å². The van der Waals surface area contributed by atoms with Crippen LogP contribution in [0.2, 0.25) is 0 Å². The van der Waals surface area contributed by atoms with Crippen molar-refractivity contribution < 1.29 is 237 Å². The molecule has 0 radical (unpaired) electrons. The predicted molar refractivity (Wildman–Crippen MR) is 513 cm³/mol. The van der Waals surface area contributed by atoms with Crippen LogP contribution in [0, 0.1) is 0 Å². The number of aliphatic carboxylic acids is 8. The summed E-state index contributed by atoms with van der Waals surface area (Å²) in [5.74, 6) is -17.1. The molecule has 145 heavy (non-hydrogen) atoms. The Balaban J connectivity index is -0.000000107. The standard InChI is InChI=1S/C13H22O4.2C8H12O3.2C7H10O4.C7H12O4.C7H10O3.2C6H8O4.3C6H8O3.C5H8O4.C4H6O3/c1-3-4-5-6-7-8-9-17-12(14)10-11(2)13(15)16;2*1-4-11-8(10)5-6(2)7(3)9;1-5(7(9)11-3)4-6(8)10-2;1-3-11-7(10)5(2)4-6(8)9;1-3-10-6(8)5-7(9)11-4-2;1-3-6(5(2)8)4-7(9)10;1-9-5(7)3-4-6(8)10-2;1-4(6(8)9)3-5(7)10-2;2*1-4(5(2)7)3-6(8)9;1-4(6(8)9)3-5(2)7;1-8-4(6)3-5(7)9-2;1-3(5)2-4(6)7/h2-10H2,1H3,(H,15,16);2*2,4-5H2,1,3H3;1,4H2,2-3H3;2-4H2,1H3,(H,8,9);3-5H2,1-2H3;3H,4H2,1-2H3,(H,9,10);3-4H,1-2H3;1,3H2,2H3,(H,8,9);3H,1-2H3,(H,8,9);2*1,3H2,2H3,(H,8,9);3H2,1-2H3;2H2,1H3,(H,6,7)/b;;;;;;6-3+;4-3+;;4-3+;;;;. The lowest BCUT2D eigenvalue weighted by Crippen LogP contribution is -2.13. The number of allylic oxidation sites excluding steroid dienone is 2. The van der Waals surface area contributed by atoms with E-state index in [2.05, 4.69) is 116 Å². The number of ketones is 7. The van der Waals surface area contributed by atoms with Gasteiger partial charge < -0.3 is 102 Å². The SMILES string of the molecule is C/C=C(\CC(=O)O)C(C)=O.C=C(CC(=O)O)C(=O)OCC.C=C(CC(=O)O)C(C)=O.C=C(CC(=O)OC)C(=O)O.C=C(CC(=O)OC)C(=O)OC.C=C(CC(=O)OCC)C(C)=O.C=C(CC(=O)OCC)C(C)=O.C=C(CC(=O)OCCCCCCCC)C(=O)O.C=C(CC(C)=O)C(=O)O.CC(=O)/C(C)=C/C(=O)O.CC(=O)CC(=O)O.CCOC(=O)CC(=O)OCC.COC(=O)/C=C/C(=O)OC.COC(=O)CC(=O)OC. The number of carbonyl (C=O) groups is 28. The van der Waals surface area contributed by atoms with Crippen molar-refractivity contribution in [2.45, 2.75) is 219 Å². The first kappa shape index (κ1) is 160. The summed E-state index contributed by atoms with van der Waals surface area (Å²) in [6.45, 7) is 51.2. The highest BCUT2D eigenvalue weighted by molar-refractivity contribution is 6.02. The summed E-state index contributed by atoms with van der Waals surface area (Å²) in [6.07, 6.45) is 8.72. The normalized spacial score (nSPS) is 9.17. The van der Waals surface area contributed by atoms with E-state index in [1.807, 2.05) is 0 Å². The van der Waals surface area contributed by atoms with Crippen molar-refractivity contribution in [3.63, 3.8) is 0 Å². The summed E-state index contributed by atoms with van der Waals surface area (Å²) in [5, 5.41) is 65.5. The molecule has 820 valence electrons. The minimum absolute atomic E-state index is 0.00315. The van der Waals surface area contributed by atoms with Gasteiger partial charge in [0.15, 0.2) is 28.9 Å². The van der Waals surface area contributed by atoms with E-state index in [0.717, 1.165) is 37.5 Å². The first-order valence-electron chi connectivity index (χ1n) is 42.2. The van der Waals surface area contributed by atoms with Crippen LogP contribution in [0.5, 0.6) is 0 Å². The smallest absolute Gasteiger partial charge is 0.333 e. The van der Waals surface area contributed by atoms with E-state index in [9.17, 15) is 134 Å². The second kappa shape index (κ2) is 107. The van der Waals surface area contributed by atoms with Crippen molar-refractivity contribution in [3.8, 4) is 0 Å². The third-order valence-electron chi connectivity index (χ3n) is 14.1. The van der Waals surface area contributed by atoms with Crippen LogP contribution in [0.15, 0.2) is 133 Å². The Hall–Kier alpha value is -16.3. The van der Waals surface area contributed by atoms with Gasteiger partial charge in [0.05, 0.1) is 141 Å². The summed E-state index contributed by atoms with van der Waals surface area (Å²) >= 11 is 0. The monoisotopic (exact) mass is 2080 g/mol. The van der Waals surface area contributed by atoms with Crippen molar-refractivity contribution in [3.05, 3.63) is 133 Å². The van der Waals surface area contributed by atoms with Gasteiger partial charge in [-0.05, 0) is 126 Å². The molecule has 8 N–H and O–H groups in total. The average molecular weight is 2080 g/mol. The molecule has 0 spiro atoms. The zero-order chi connectivity index (χ0) is 117. The molecule has 0 rings (SSSR count). The molecule has 0 aromatic rings. The molecule has 0 aromatic carbocycles. The highest BCUT2D eigenvalue weighted by atomic mass is 16.6. The number of carboxylic acids is 8. The van der Waals surface area contributed by atoms with Crippen LogP contribution in [-0.4, -0.2) is 296 Å². The van der Waals surface area contributed by atoms with E-state index in [1.54, 1.807) is 41.5 Å². The van der Waals surface area contributed by atoms with E-state index >= 15 is 0 Å². The zero-order valence-corrected chi connectivity index (χ0v) is 86.3. The quantitative estimate of drug-likeness (QED) is 0.00924. The lowest BCUT2D eigenvalue weighted by Gasteiger charge is -2.04. The van der Waals surface area contributed by atoms with Gasteiger partial charge in [0.1, 0.15) is 30.8 Å². The average Bonchev–Trinajstić information content (AvgIpc) is 0.979. The van der Waals surface area contributed by atoms with E-state index < -0.39 is 125 Å². The van der Waals surface area contributed by atoms with Crippen LogP contribution in [0.1, 0.15) is 219 Å². The molecule has 49 nitrogen and oxygen atoms in total. The van der Waals surface area contributed by atoms with E-state index in [0.29, 0.717) is 36.5 Å². The maximum atomic E-state index is 11.1. The third-order valence-corrected chi connectivity index (χ3v) is 14.1. The molecule has 0 aliphatic rings. The number of ether oxygens (including phenoxy) is 13. The topological polar surface area (TPSA) is 760 Å².